The molecule has 0 aromatic heterocycles. The van der Waals surface area contributed by atoms with Gasteiger partial charge in [0, 0.05) is 34.2 Å². The standard InChI is InChI=1S/C41H67N5O8/c1-12-26(6)35(45(9)39(50)34(25(4)5)44-38(49)33(42-8)24(2)3)31(53-10)21-32(47)46-23-41(18-19-41)22-30(46)36(54-11)27(7)37(48)43-29(40(51)52)20-28-16-14-13-15-17-28/h13-17,24-27,29-31,33-36,42H,12,18-23H2,1-11H3,(H,43,48)(H,44,49)(H,51,52)/t26?,27?,29?,30?,31?,33?,34-,35?,36?/m0/s1. The van der Waals surface area contributed by atoms with Crippen LogP contribution in [0.4, 0.5) is 0 Å². The lowest BCUT2D eigenvalue weighted by atomic mass is 9.89. The number of carboxylic acids is 1. The van der Waals surface area contributed by atoms with E-state index in [2.05, 4.69) is 16.0 Å². The summed E-state index contributed by atoms with van der Waals surface area (Å²) < 4.78 is 12.0. The average Bonchev–Trinajstić information content (AvgIpc) is 3.79. The van der Waals surface area contributed by atoms with Crippen LogP contribution < -0.4 is 16.0 Å². The van der Waals surface area contributed by atoms with Gasteiger partial charge in [-0.15, -0.1) is 0 Å². The second-order valence-corrected chi connectivity index (χ2v) is 16.4. The molecule has 0 radical (unpaired) electrons. The highest BCUT2D eigenvalue weighted by Crippen LogP contribution is 2.56. The first-order valence-corrected chi connectivity index (χ1v) is 19.6. The van der Waals surface area contributed by atoms with E-state index < -0.39 is 60.2 Å². The fourth-order valence-corrected chi connectivity index (χ4v) is 8.16. The van der Waals surface area contributed by atoms with Crippen molar-refractivity contribution in [2.45, 2.75) is 129 Å². The molecule has 1 heterocycles. The number of methoxy groups -OCH3 is 2. The molecule has 4 N–H and O–H groups in total. The van der Waals surface area contributed by atoms with E-state index in [1.54, 1.807) is 33.0 Å². The summed E-state index contributed by atoms with van der Waals surface area (Å²) in [5.74, 6) is -3.21. The predicted octanol–water partition coefficient (Wildman–Crippen LogP) is 3.49. The number of likely N-dealkylation sites (N-methyl/N-ethyl adjacent to an activating group) is 2. The molecule has 304 valence electrons. The first-order chi connectivity index (χ1) is 25.4. The van der Waals surface area contributed by atoms with Crippen LogP contribution in [0.3, 0.4) is 0 Å². The van der Waals surface area contributed by atoms with Gasteiger partial charge >= 0.3 is 5.97 Å². The van der Waals surface area contributed by atoms with Crippen molar-refractivity contribution in [2.75, 3.05) is 34.9 Å². The summed E-state index contributed by atoms with van der Waals surface area (Å²) in [4.78, 5) is 71.1. The molecular formula is C41H67N5O8. The summed E-state index contributed by atoms with van der Waals surface area (Å²) in [5.41, 5.74) is 0.748. The molecule has 4 amide bonds. The Morgan fingerprint density at radius 2 is 1.54 bits per heavy atom. The summed E-state index contributed by atoms with van der Waals surface area (Å²) in [6, 6.07) is 5.88. The predicted molar refractivity (Wildman–Crippen MR) is 207 cm³/mol. The fraction of sp³-hybridized carbons (Fsp3) is 0.732. The minimum Gasteiger partial charge on any atom is -0.480 e. The van der Waals surface area contributed by atoms with E-state index in [0.29, 0.717) is 13.0 Å². The molecule has 54 heavy (non-hydrogen) atoms. The van der Waals surface area contributed by atoms with Gasteiger partial charge in [-0.25, -0.2) is 4.79 Å². The number of rotatable bonds is 21. The Hall–Kier alpha value is -3.55. The molecule has 2 fully saturated rings. The van der Waals surface area contributed by atoms with Crippen molar-refractivity contribution in [3.63, 3.8) is 0 Å². The summed E-state index contributed by atoms with van der Waals surface area (Å²) in [5, 5.41) is 18.7. The third kappa shape index (κ3) is 11.0. The van der Waals surface area contributed by atoms with Gasteiger partial charge in [-0.1, -0.05) is 85.2 Å². The molecule has 1 aromatic rings. The van der Waals surface area contributed by atoms with Crippen LogP contribution >= 0.6 is 0 Å². The van der Waals surface area contributed by atoms with Crippen molar-refractivity contribution in [3.8, 4) is 0 Å². The van der Waals surface area contributed by atoms with E-state index in [-0.39, 0.29) is 53.7 Å². The van der Waals surface area contributed by atoms with Crippen LogP contribution in [0.1, 0.15) is 86.1 Å². The zero-order valence-electron chi connectivity index (χ0n) is 34.4. The van der Waals surface area contributed by atoms with Crippen LogP contribution in [-0.4, -0.2) is 122 Å². The molecule has 8 unspecified atom stereocenters. The van der Waals surface area contributed by atoms with Crippen LogP contribution in [0, 0.1) is 29.1 Å². The molecule has 1 aliphatic carbocycles. The second kappa shape index (κ2) is 19.9. The molecule has 1 aliphatic heterocycles. The second-order valence-electron chi connectivity index (χ2n) is 16.4. The topological polar surface area (TPSA) is 167 Å². The van der Waals surface area contributed by atoms with Gasteiger partial charge in [-0.2, -0.15) is 0 Å². The number of hydrogen-bond acceptors (Lipinski definition) is 8. The van der Waals surface area contributed by atoms with Crippen molar-refractivity contribution >= 4 is 29.6 Å². The Morgan fingerprint density at radius 1 is 0.926 bits per heavy atom. The molecule has 1 saturated carbocycles. The van der Waals surface area contributed by atoms with E-state index in [1.807, 2.05) is 76.8 Å². The van der Waals surface area contributed by atoms with E-state index in [0.717, 1.165) is 24.8 Å². The van der Waals surface area contributed by atoms with Crippen molar-refractivity contribution in [1.29, 1.82) is 0 Å². The molecule has 13 nitrogen and oxygen atoms in total. The first-order valence-electron chi connectivity index (χ1n) is 19.6. The normalized spacial score (nSPS) is 20.8. The van der Waals surface area contributed by atoms with E-state index in [9.17, 15) is 29.1 Å². The first kappa shape index (κ1) is 44.8. The van der Waals surface area contributed by atoms with Crippen LogP contribution in [0.15, 0.2) is 30.3 Å². The number of hydrogen-bond donors (Lipinski definition) is 4. The van der Waals surface area contributed by atoms with Crippen LogP contribution in [0.2, 0.25) is 0 Å². The number of carbonyl (C=O) groups is 5. The van der Waals surface area contributed by atoms with E-state index in [4.69, 9.17) is 9.47 Å². The molecular weight excluding hydrogens is 690 g/mol. The van der Waals surface area contributed by atoms with E-state index >= 15 is 0 Å². The van der Waals surface area contributed by atoms with Gasteiger partial charge < -0.3 is 40.3 Å². The third-order valence-corrected chi connectivity index (χ3v) is 11.9. The number of carboxylic acid groups (broad SMARTS) is 1. The minimum atomic E-state index is -1.13. The van der Waals surface area contributed by atoms with Crippen LogP contribution in [0.25, 0.3) is 0 Å². The monoisotopic (exact) mass is 757 g/mol. The number of nitrogens with zero attached hydrogens (tertiary/aromatic N) is 2. The van der Waals surface area contributed by atoms with Crippen molar-refractivity contribution in [1.82, 2.24) is 25.8 Å². The largest absolute Gasteiger partial charge is 0.480 e. The Bertz CT molecular complexity index is 1420. The molecule has 3 rings (SSSR count). The Balaban J connectivity index is 1.83. The number of aliphatic carboxylic acids is 1. The third-order valence-electron chi connectivity index (χ3n) is 11.9. The summed E-state index contributed by atoms with van der Waals surface area (Å²) >= 11 is 0. The van der Waals surface area contributed by atoms with Gasteiger partial charge in [0.25, 0.3) is 0 Å². The van der Waals surface area contributed by atoms with Gasteiger partial charge in [0.05, 0.1) is 42.7 Å². The Labute approximate surface area is 322 Å². The number of benzene rings is 1. The zero-order valence-corrected chi connectivity index (χ0v) is 34.4. The van der Waals surface area contributed by atoms with Crippen LogP contribution in [0.5, 0.6) is 0 Å². The van der Waals surface area contributed by atoms with Gasteiger partial charge in [0.1, 0.15) is 12.1 Å². The molecule has 13 heteroatoms. The maximum absolute atomic E-state index is 14.4. The van der Waals surface area contributed by atoms with Crippen LogP contribution in [-0.2, 0) is 39.9 Å². The summed E-state index contributed by atoms with van der Waals surface area (Å²) in [6.07, 6.45) is 2.13. The number of ether oxygens (including phenoxy) is 2. The smallest absolute Gasteiger partial charge is 0.326 e. The minimum absolute atomic E-state index is 0.00123. The maximum atomic E-state index is 14.4. The molecule has 1 saturated heterocycles. The van der Waals surface area contributed by atoms with Gasteiger partial charge in [0.2, 0.25) is 23.6 Å². The van der Waals surface area contributed by atoms with Crippen molar-refractivity contribution in [3.05, 3.63) is 35.9 Å². The number of amides is 4. The summed E-state index contributed by atoms with van der Waals surface area (Å²) in [6.45, 7) is 14.0. The zero-order chi connectivity index (χ0) is 40.5. The Kier molecular flexibility index (Phi) is 16.5. The molecule has 1 aromatic carbocycles. The van der Waals surface area contributed by atoms with Crippen molar-refractivity contribution < 1.29 is 38.6 Å². The molecule has 0 bridgehead atoms. The fourth-order valence-electron chi connectivity index (χ4n) is 8.16. The van der Waals surface area contributed by atoms with E-state index in [1.165, 1.54) is 7.11 Å². The molecule has 9 atom stereocenters. The quantitative estimate of drug-likeness (QED) is 0.147. The molecule has 1 spiro atoms. The highest BCUT2D eigenvalue weighted by Gasteiger charge is 2.56. The van der Waals surface area contributed by atoms with Gasteiger partial charge in [-0.3, -0.25) is 19.2 Å². The van der Waals surface area contributed by atoms with Gasteiger partial charge in [-0.05, 0) is 55.0 Å². The highest BCUT2D eigenvalue weighted by molar-refractivity contribution is 5.90. The summed E-state index contributed by atoms with van der Waals surface area (Å²) in [7, 11) is 6.52. The van der Waals surface area contributed by atoms with Crippen molar-refractivity contribution in [2.24, 2.45) is 29.1 Å². The maximum Gasteiger partial charge on any atom is 0.326 e. The average molecular weight is 758 g/mol. The lowest BCUT2D eigenvalue weighted by Crippen LogP contribution is -2.59. The lowest BCUT2D eigenvalue weighted by Gasteiger charge is -2.41. The number of carbonyl (C=O) groups excluding carboxylic acids is 4. The number of likely N-dealkylation sites (tertiary alicyclic amines) is 1. The number of nitrogens with one attached hydrogen (secondary N) is 3. The highest BCUT2D eigenvalue weighted by atomic mass is 16.5. The lowest BCUT2D eigenvalue weighted by molar-refractivity contribution is -0.148. The molecule has 2 aliphatic rings. The van der Waals surface area contributed by atoms with Gasteiger partial charge in [0.15, 0.2) is 0 Å². The SMILES string of the molecule is CCC(C)C(C(CC(=O)N1CC2(CC2)CC1C(OC)C(C)C(=O)NC(Cc1ccccc1)C(=O)O)OC)N(C)C(=O)[C@@H](NC(=O)C(NC)C(C)C)C(C)C. The Morgan fingerprint density at radius 3 is 2.02 bits per heavy atom.